The van der Waals surface area contributed by atoms with Gasteiger partial charge in [-0.2, -0.15) is 0 Å². The predicted octanol–water partition coefficient (Wildman–Crippen LogP) is 5.99. The molecule has 122 valence electrons. The second kappa shape index (κ2) is 6.33. The summed E-state index contributed by atoms with van der Waals surface area (Å²) < 4.78 is 6.98. The van der Waals surface area contributed by atoms with Gasteiger partial charge in [-0.05, 0) is 43.5 Å². The first-order chi connectivity index (χ1) is 10.4. The molecule has 1 aliphatic rings. The van der Waals surface area contributed by atoms with E-state index >= 15 is 0 Å². The van der Waals surface area contributed by atoms with Crippen molar-refractivity contribution in [1.82, 2.24) is 0 Å². The van der Waals surface area contributed by atoms with Crippen LogP contribution in [0.3, 0.4) is 0 Å². The fourth-order valence-corrected chi connectivity index (χ4v) is 7.06. The minimum absolute atomic E-state index is 0.0697. The van der Waals surface area contributed by atoms with Crippen molar-refractivity contribution in [2.75, 3.05) is 0 Å². The van der Waals surface area contributed by atoms with E-state index in [1.165, 1.54) is 35.7 Å². The summed E-state index contributed by atoms with van der Waals surface area (Å²) >= 11 is 0. The summed E-state index contributed by atoms with van der Waals surface area (Å²) in [6.07, 6.45) is 4.40. The fraction of sp³-hybridized carbons (Fsp3) is 0.600. The van der Waals surface area contributed by atoms with E-state index in [0.29, 0.717) is 0 Å². The predicted molar refractivity (Wildman–Crippen MR) is 99.0 cm³/mol. The van der Waals surface area contributed by atoms with Crippen LogP contribution < -0.4 is 0 Å². The molecule has 0 unspecified atom stereocenters. The summed E-state index contributed by atoms with van der Waals surface area (Å²) in [6.45, 7) is 15.6. The molecular formula is C20H32OSi. The highest BCUT2D eigenvalue weighted by atomic mass is 28.4. The molecule has 1 fully saturated rings. The normalized spacial score (nSPS) is 28.2. The number of aryl methyl sites for hydroxylation is 1. The molecule has 0 aromatic heterocycles. The average molecular weight is 317 g/mol. The van der Waals surface area contributed by atoms with Crippen LogP contribution in [0.2, 0.25) is 18.1 Å². The topological polar surface area (TPSA) is 9.23 Å². The molecular weight excluding hydrogens is 284 g/mol. The van der Waals surface area contributed by atoms with Crippen molar-refractivity contribution < 1.29 is 4.43 Å². The first kappa shape index (κ1) is 17.5. The largest absolute Gasteiger partial charge is 0.407 e. The molecule has 1 saturated carbocycles. The second-order valence-electron chi connectivity index (χ2n) is 7.14. The molecule has 0 radical (unpaired) electrons. The number of hydrogen-bond donors (Lipinski definition) is 0. The van der Waals surface area contributed by atoms with Crippen LogP contribution >= 0.6 is 0 Å². The maximum Gasteiger partial charge on any atom is 0.193 e. The molecule has 0 spiro atoms. The third kappa shape index (κ3) is 2.61. The van der Waals surface area contributed by atoms with Gasteiger partial charge in [0.05, 0.1) is 5.60 Å². The Bertz CT molecular complexity index is 509. The van der Waals surface area contributed by atoms with E-state index in [4.69, 9.17) is 4.43 Å². The van der Waals surface area contributed by atoms with Gasteiger partial charge >= 0.3 is 0 Å². The monoisotopic (exact) mass is 316 g/mol. The molecule has 1 aromatic carbocycles. The van der Waals surface area contributed by atoms with Crippen molar-refractivity contribution in [2.24, 2.45) is 0 Å². The third-order valence-corrected chi connectivity index (χ3v) is 10.9. The Hall–Kier alpha value is -0.863. The summed E-state index contributed by atoms with van der Waals surface area (Å²) in [5, 5.41) is 0. The molecule has 0 heterocycles. The van der Waals surface area contributed by atoms with Crippen LogP contribution in [0, 0.1) is 6.92 Å². The van der Waals surface area contributed by atoms with E-state index < -0.39 is 8.32 Å². The zero-order chi connectivity index (χ0) is 16.4. The molecule has 0 amide bonds. The zero-order valence-electron chi connectivity index (χ0n) is 15.0. The van der Waals surface area contributed by atoms with E-state index in [9.17, 15) is 0 Å². The Morgan fingerprint density at radius 2 is 1.64 bits per heavy atom. The minimum atomic E-state index is -1.65. The van der Waals surface area contributed by atoms with Crippen LogP contribution in [0.5, 0.6) is 0 Å². The van der Waals surface area contributed by atoms with Crippen LogP contribution in [0.4, 0.5) is 0 Å². The zero-order valence-corrected chi connectivity index (χ0v) is 16.0. The van der Waals surface area contributed by atoms with Gasteiger partial charge in [-0.15, -0.1) is 6.58 Å². The van der Waals surface area contributed by atoms with Gasteiger partial charge in [0, 0.05) is 5.41 Å². The second-order valence-corrected chi connectivity index (χ2v) is 11.8. The summed E-state index contributed by atoms with van der Waals surface area (Å²) in [5.74, 6) is 0. The first-order valence-electron chi connectivity index (χ1n) is 8.82. The Kier molecular flexibility index (Phi) is 5.03. The summed E-state index contributed by atoms with van der Waals surface area (Å²) in [5.41, 5.74) is 2.61. The van der Waals surface area contributed by atoms with Gasteiger partial charge in [-0.1, -0.05) is 63.6 Å². The van der Waals surface area contributed by atoms with Crippen molar-refractivity contribution in [3.8, 4) is 0 Å². The van der Waals surface area contributed by atoms with Crippen LogP contribution in [0.25, 0.3) is 0 Å². The lowest BCUT2D eigenvalue weighted by molar-refractivity contribution is -0.0558. The smallest absolute Gasteiger partial charge is 0.193 e. The van der Waals surface area contributed by atoms with E-state index in [0.717, 1.165) is 6.42 Å². The third-order valence-electron chi connectivity index (χ3n) is 6.28. The first-order valence-corrected chi connectivity index (χ1v) is 11.3. The van der Waals surface area contributed by atoms with Crippen LogP contribution in [-0.4, -0.2) is 13.9 Å². The lowest BCUT2D eigenvalue weighted by Crippen LogP contribution is -2.63. The highest BCUT2D eigenvalue weighted by Gasteiger charge is 2.58. The molecule has 22 heavy (non-hydrogen) atoms. The van der Waals surface area contributed by atoms with Crippen LogP contribution in [0.15, 0.2) is 36.9 Å². The van der Waals surface area contributed by atoms with Crippen molar-refractivity contribution in [1.29, 1.82) is 0 Å². The van der Waals surface area contributed by atoms with Crippen molar-refractivity contribution >= 4 is 8.32 Å². The average Bonchev–Trinajstić information content (AvgIpc) is 2.56. The van der Waals surface area contributed by atoms with E-state index in [1.54, 1.807) is 0 Å². The van der Waals surface area contributed by atoms with Gasteiger partial charge in [0.2, 0.25) is 0 Å². The van der Waals surface area contributed by atoms with Gasteiger partial charge in [-0.3, -0.25) is 0 Å². The Labute approximate surface area is 137 Å². The lowest BCUT2D eigenvalue weighted by Gasteiger charge is -2.59. The van der Waals surface area contributed by atoms with Gasteiger partial charge in [0.15, 0.2) is 8.32 Å². The SMILES string of the molecule is C=C[C@]1(O[Si](CC)(CC)CC)CC[C@@]1(C)c1ccc(C)cc1. The number of benzene rings is 1. The molecule has 1 aromatic rings. The molecule has 0 N–H and O–H groups in total. The Balaban J connectivity index is 2.37. The van der Waals surface area contributed by atoms with E-state index in [1.807, 2.05) is 0 Å². The molecule has 1 nitrogen and oxygen atoms in total. The highest BCUT2D eigenvalue weighted by molar-refractivity contribution is 6.73. The lowest BCUT2D eigenvalue weighted by atomic mass is 9.54. The minimum Gasteiger partial charge on any atom is -0.407 e. The number of rotatable bonds is 7. The van der Waals surface area contributed by atoms with Crippen molar-refractivity contribution in [3.05, 3.63) is 48.0 Å². The molecule has 2 atom stereocenters. The molecule has 2 rings (SSSR count). The Morgan fingerprint density at radius 1 is 1.09 bits per heavy atom. The van der Waals surface area contributed by atoms with Crippen LogP contribution in [-0.2, 0) is 9.84 Å². The van der Waals surface area contributed by atoms with Gasteiger partial charge < -0.3 is 4.43 Å². The van der Waals surface area contributed by atoms with Gasteiger partial charge in [-0.25, -0.2) is 0 Å². The fourth-order valence-electron chi connectivity index (χ4n) is 3.94. The van der Waals surface area contributed by atoms with Gasteiger partial charge in [0.25, 0.3) is 0 Å². The maximum atomic E-state index is 6.98. The quantitative estimate of drug-likeness (QED) is 0.443. The Morgan fingerprint density at radius 3 is 2.00 bits per heavy atom. The van der Waals surface area contributed by atoms with E-state index in [2.05, 4.69) is 71.5 Å². The maximum absolute atomic E-state index is 6.98. The van der Waals surface area contributed by atoms with Crippen molar-refractivity contribution in [3.63, 3.8) is 0 Å². The molecule has 0 bridgehead atoms. The highest BCUT2D eigenvalue weighted by Crippen LogP contribution is 2.56. The van der Waals surface area contributed by atoms with Gasteiger partial charge in [0.1, 0.15) is 0 Å². The molecule has 0 aliphatic heterocycles. The standard InChI is InChI=1S/C20H32OSi/c1-7-20(21-22(8-2,9-3)10-4)16-15-19(20,6)18-13-11-17(5)12-14-18/h7,11-14H,1,8-10,15-16H2,2-6H3/t19-,20-/m0/s1. The molecule has 0 saturated heterocycles. The summed E-state index contributed by atoms with van der Waals surface area (Å²) in [6, 6.07) is 12.6. The summed E-state index contributed by atoms with van der Waals surface area (Å²) in [4.78, 5) is 0. The molecule has 1 aliphatic carbocycles. The molecule has 2 heteroatoms. The number of hydrogen-bond acceptors (Lipinski definition) is 1. The van der Waals surface area contributed by atoms with E-state index in [-0.39, 0.29) is 11.0 Å². The summed E-state index contributed by atoms with van der Waals surface area (Å²) in [7, 11) is -1.65. The van der Waals surface area contributed by atoms with Crippen LogP contribution in [0.1, 0.15) is 51.7 Å². The van der Waals surface area contributed by atoms with Crippen molar-refractivity contribution in [2.45, 2.75) is 76.6 Å².